The zero-order valence-corrected chi connectivity index (χ0v) is 17.2. The third kappa shape index (κ3) is 6.46. The van der Waals surface area contributed by atoms with Crippen LogP contribution in [0.4, 0.5) is 0 Å². The molecule has 1 aromatic carbocycles. The van der Waals surface area contributed by atoms with E-state index < -0.39 is 0 Å². The maximum absolute atomic E-state index is 12.4. The molecule has 1 atom stereocenters. The molecule has 1 fully saturated rings. The molecular weight excluding hydrogens is 326 g/mol. The molecular formula is C21H35N3O2. The Kier molecular flexibility index (Phi) is 9.38. The van der Waals surface area contributed by atoms with E-state index in [1.807, 2.05) is 39.8 Å². The Morgan fingerprint density at radius 2 is 2.12 bits per heavy atom. The molecule has 1 saturated heterocycles. The van der Waals surface area contributed by atoms with Gasteiger partial charge < -0.3 is 20.3 Å². The summed E-state index contributed by atoms with van der Waals surface area (Å²) in [5.74, 6) is 0.625. The highest BCUT2D eigenvalue weighted by Crippen LogP contribution is 2.05. The lowest BCUT2D eigenvalue weighted by Crippen LogP contribution is -2.47. The van der Waals surface area contributed by atoms with E-state index in [4.69, 9.17) is 4.74 Å². The van der Waals surface area contributed by atoms with Crippen molar-refractivity contribution in [1.82, 2.24) is 15.5 Å². The first-order valence-electron chi connectivity index (χ1n) is 9.44. The summed E-state index contributed by atoms with van der Waals surface area (Å²) in [5, 5.41) is 8.13. The van der Waals surface area contributed by atoms with Crippen molar-refractivity contribution in [2.45, 2.75) is 33.8 Å². The van der Waals surface area contributed by atoms with Gasteiger partial charge in [-0.2, -0.15) is 0 Å². The van der Waals surface area contributed by atoms with Gasteiger partial charge in [0.05, 0.1) is 6.10 Å². The molecule has 1 aliphatic heterocycles. The van der Waals surface area contributed by atoms with E-state index in [2.05, 4.69) is 35.4 Å². The molecule has 2 N–H and O–H groups in total. The first kappa shape index (κ1) is 22.2. The number of hydrogen-bond donors (Lipinski definition) is 2. The summed E-state index contributed by atoms with van der Waals surface area (Å²) >= 11 is 0. The zero-order chi connectivity index (χ0) is 19.7. The first-order chi connectivity index (χ1) is 12.4. The number of carbonyl (C=O) groups excluding carboxylic acids is 1. The standard InChI is InChI=1S/C19H29N3O2.C2H6/c1-13-6-14(2)18(19(23)21-8-15(3)24-5)7-17(13)12-22(4)11-16-9-20-10-16;1-2/h6-7,12,15-16,20H,1,8-11H2,2-5H3,(H,21,23);1-2H3/b17-12-;. The highest BCUT2D eigenvalue weighted by molar-refractivity contribution is 5.95. The average molecular weight is 362 g/mol. The summed E-state index contributed by atoms with van der Waals surface area (Å²) in [5.41, 5.74) is 1.63. The van der Waals surface area contributed by atoms with Gasteiger partial charge in [-0.25, -0.2) is 0 Å². The van der Waals surface area contributed by atoms with Crippen molar-refractivity contribution in [1.29, 1.82) is 0 Å². The maximum Gasteiger partial charge on any atom is 0.251 e. The number of hydrogen-bond acceptors (Lipinski definition) is 4. The van der Waals surface area contributed by atoms with Crippen molar-refractivity contribution in [3.8, 4) is 0 Å². The van der Waals surface area contributed by atoms with Crippen LogP contribution in [0.25, 0.3) is 12.8 Å². The smallest absolute Gasteiger partial charge is 0.251 e. The normalized spacial score (nSPS) is 15.5. The van der Waals surface area contributed by atoms with E-state index in [0.717, 1.165) is 35.6 Å². The Balaban J connectivity index is 0.00000163. The largest absolute Gasteiger partial charge is 0.380 e. The van der Waals surface area contributed by atoms with Crippen LogP contribution >= 0.6 is 0 Å². The topological polar surface area (TPSA) is 53.6 Å². The Morgan fingerprint density at radius 3 is 2.65 bits per heavy atom. The number of benzene rings is 1. The molecule has 1 unspecified atom stereocenters. The average Bonchev–Trinajstić information content (AvgIpc) is 2.59. The van der Waals surface area contributed by atoms with Gasteiger partial charge in [-0.05, 0) is 35.9 Å². The van der Waals surface area contributed by atoms with Crippen LogP contribution in [0.3, 0.4) is 0 Å². The molecule has 0 aromatic heterocycles. The number of rotatable bonds is 7. The summed E-state index contributed by atoms with van der Waals surface area (Å²) < 4.78 is 5.17. The molecule has 5 nitrogen and oxygen atoms in total. The summed E-state index contributed by atoms with van der Waals surface area (Å²) in [6.45, 7) is 15.6. The number of carbonyl (C=O) groups is 1. The monoisotopic (exact) mass is 361 g/mol. The van der Waals surface area contributed by atoms with Gasteiger partial charge in [-0.1, -0.05) is 26.5 Å². The molecule has 0 aliphatic carbocycles. The molecule has 0 bridgehead atoms. The molecule has 0 saturated carbocycles. The van der Waals surface area contributed by atoms with Gasteiger partial charge in [0.2, 0.25) is 0 Å². The van der Waals surface area contributed by atoms with Gasteiger partial charge in [0.25, 0.3) is 5.91 Å². The molecule has 146 valence electrons. The van der Waals surface area contributed by atoms with E-state index in [9.17, 15) is 4.79 Å². The molecule has 1 heterocycles. The molecule has 1 aromatic rings. The van der Waals surface area contributed by atoms with Crippen LogP contribution < -0.4 is 21.1 Å². The number of amides is 1. The van der Waals surface area contributed by atoms with Gasteiger partial charge in [0.15, 0.2) is 0 Å². The third-order valence-electron chi connectivity index (χ3n) is 4.45. The molecule has 5 heteroatoms. The van der Waals surface area contributed by atoms with E-state index in [1.54, 1.807) is 7.11 Å². The predicted molar refractivity (Wildman–Crippen MR) is 110 cm³/mol. The summed E-state index contributed by atoms with van der Waals surface area (Å²) in [6.07, 6.45) is 2.07. The Morgan fingerprint density at radius 1 is 1.46 bits per heavy atom. The number of ether oxygens (including phenoxy) is 1. The summed E-state index contributed by atoms with van der Waals surface area (Å²) in [6, 6.07) is 3.90. The van der Waals surface area contributed by atoms with Crippen LogP contribution in [-0.2, 0) is 4.74 Å². The molecule has 1 amide bonds. The molecule has 26 heavy (non-hydrogen) atoms. The van der Waals surface area contributed by atoms with Crippen molar-refractivity contribution in [2.24, 2.45) is 5.92 Å². The fraction of sp³-hybridized carbons (Fsp3) is 0.571. The molecule has 0 radical (unpaired) electrons. The lowest BCUT2D eigenvalue weighted by molar-refractivity contribution is 0.0870. The van der Waals surface area contributed by atoms with Crippen molar-refractivity contribution in [3.05, 3.63) is 33.7 Å². The highest BCUT2D eigenvalue weighted by atomic mass is 16.5. The van der Waals surface area contributed by atoms with E-state index in [0.29, 0.717) is 18.0 Å². The fourth-order valence-corrected chi connectivity index (χ4v) is 2.74. The van der Waals surface area contributed by atoms with Crippen LogP contribution in [0.2, 0.25) is 0 Å². The Bertz CT molecular complexity index is 683. The number of nitrogens with one attached hydrogen (secondary N) is 2. The fourth-order valence-electron chi connectivity index (χ4n) is 2.74. The third-order valence-corrected chi connectivity index (χ3v) is 4.45. The van der Waals surface area contributed by atoms with Crippen LogP contribution in [0.1, 0.15) is 36.7 Å². The lowest BCUT2D eigenvalue weighted by Gasteiger charge is -2.30. The van der Waals surface area contributed by atoms with E-state index in [-0.39, 0.29) is 12.0 Å². The van der Waals surface area contributed by atoms with Gasteiger partial charge in [0.1, 0.15) is 0 Å². The molecule has 2 rings (SSSR count). The van der Waals surface area contributed by atoms with Crippen LogP contribution in [0.5, 0.6) is 0 Å². The van der Waals surface area contributed by atoms with E-state index >= 15 is 0 Å². The second-order valence-electron chi connectivity index (χ2n) is 6.72. The van der Waals surface area contributed by atoms with Gasteiger partial charge >= 0.3 is 0 Å². The lowest BCUT2D eigenvalue weighted by atomic mass is 10.0. The molecule has 0 spiro atoms. The van der Waals surface area contributed by atoms with Crippen LogP contribution in [-0.4, -0.2) is 57.2 Å². The molecule has 1 aliphatic rings. The maximum atomic E-state index is 12.4. The van der Waals surface area contributed by atoms with Gasteiger partial charge in [-0.3, -0.25) is 4.79 Å². The minimum absolute atomic E-state index is 0.00498. The minimum atomic E-state index is -0.0723. The Hall–Kier alpha value is -1.85. The number of aryl methyl sites for hydroxylation is 1. The van der Waals surface area contributed by atoms with Crippen molar-refractivity contribution >= 4 is 18.7 Å². The predicted octanol–water partition coefficient (Wildman–Crippen LogP) is 1.09. The second-order valence-corrected chi connectivity index (χ2v) is 6.72. The highest BCUT2D eigenvalue weighted by Gasteiger charge is 2.17. The van der Waals surface area contributed by atoms with Crippen LogP contribution in [0.15, 0.2) is 12.1 Å². The quantitative estimate of drug-likeness (QED) is 0.763. The van der Waals surface area contributed by atoms with Crippen LogP contribution in [0, 0.1) is 12.8 Å². The minimum Gasteiger partial charge on any atom is -0.380 e. The van der Waals surface area contributed by atoms with Gasteiger partial charge in [-0.15, -0.1) is 0 Å². The summed E-state index contributed by atoms with van der Waals surface area (Å²) in [4.78, 5) is 14.6. The number of nitrogens with zero attached hydrogens (tertiary/aromatic N) is 1. The van der Waals surface area contributed by atoms with E-state index in [1.165, 1.54) is 0 Å². The zero-order valence-electron chi connectivity index (χ0n) is 17.2. The SMILES string of the molecule is C=c1cc(C)c(C(=O)NCC(C)OC)c/c1=C/N(C)CC1CNC1.CC. The second kappa shape index (κ2) is 11.0. The van der Waals surface area contributed by atoms with Crippen molar-refractivity contribution in [2.75, 3.05) is 40.3 Å². The number of methoxy groups -OCH3 is 1. The summed E-state index contributed by atoms with van der Waals surface area (Å²) in [7, 11) is 3.71. The van der Waals surface area contributed by atoms with Gasteiger partial charge in [0, 0.05) is 58.0 Å². The van der Waals surface area contributed by atoms with Crippen molar-refractivity contribution < 1.29 is 9.53 Å². The first-order valence-corrected chi connectivity index (χ1v) is 9.44. The van der Waals surface area contributed by atoms with Crippen molar-refractivity contribution in [3.63, 3.8) is 0 Å². The Labute approximate surface area is 158 Å².